The van der Waals surface area contributed by atoms with E-state index in [4.69, 9.17) is 9.78 Å². The molecule has 0 spiro atoms. The van der Waals surface area contributed by atoms with Gasteiger partial charge in [0.05, 0.1) is 0 Å². The summed E-state index contributed by atoms with van der Waals surface area (Å²) < 4.78 is 0. The lowest BCUT2D eigenvalue weighted by Gasteiger charge is -2.58. The van der Waals surface area contributed by atoms with Crippen molar-refractivity contribution < 1.29 is 14.6 Å². The van der Waals surface area contributed by atoms with Crippen LogP contribution in [0.4, 0.5) is 0 Å². The van der Waals surface area contributed by atoms with E-state index in [1.54, 1.807) is 5.57 Å². The van der Waals surface area contributed by atoms with Gasteiger partial charge in [-0.3, -0.25) is 4.89 Å². The second-order valence-electron chi connectivity index (χ2n) is 17.7. The lowest BCUT2D eigenvalue weighted by atomic mass is 9.47. The van der Waals surface area contributed by atoms with Crippen LogP contribution < -0.4 is 0 Å². The van der Waals surface area contributed by atoms with Gasteiger partial charge in [0, 0.05) is 6.42 Å². The van der Waals surface area contributed by atoms with Gasteiger partial charge >= 0.3 is 5.97 Å². The van der Waals surface area contributed by atoms with Crippen molar-refractivity contribution in [1.29, 1.82) is 0 Å². The molecule has 4 rings (SSSR count). The summed E-state index contributed by atoms with van der Waals surface area (Å²) in [5.41, 5.74) is 2.44. The zero-order valence-corrected chi connectivity index (χ0v) is 32.0. The molecule has 0 heterocycles. The second kappa shape index (κ2) is 19.3. The van der Waals surface area contributed by atoms with Gasteiger partial charge in [0.25, 0.3) is 0 Å². The molecule has 4 aliphatic carbocycles. The van der Waals surface area contributed by atoms with Crippen LogP contribution in [0.25, 0.3) is 0 Å². The third-order valence-corrected chi connectivity index (χ3v) is 13.9. The van der Waals surface area contributed by atoms with E-state index >= 15 is 0 Å². The number of hydrogen-bond acceptors (Lipinski definition) is 3. The Balaban J connectivity index is 1.12. The van der Waals surface area contributed by atoms with Crippen LogP contribution in [0, 0.1) is 46.3 Å². The van der Waals surface area contributed by atoms with Crippen LogP contribution in [-0.4, -0.2) is 12.1 Å². The highest BCUT2D eigenvalue weighted by molar-refractivity contribution is 5.68. The molecule has 0 aromatic rings. The van der Waals surface area contributed by atoms with Gasteiger partial charge in [-0.05, 0) is 123 Å². The number of rotatable bonds is 21. The van der Waals surface area contributed by atoms with Crippen molar-refractivity contribution in [2.24, 2.45) is 46.3 Å². The van der Waals surface area contributed by atoms with Gasteiger partial charge in [0.2, 0.25) is 0 Å². The molecule has 0 radical (unpaired) electrons. The Labute approximate surface area is 291 Å². The minimum Gasteiger partial charge on any atom is -0.298 e. The van der Waals surface area contributed by atoms with Crippen LogP contribution in [0.5, 0.6) is 0 Å². The molecule has 3 fully saturated rings. The Hall–Kier alpha value is -1.09. The molecule has 0 amide bonds. The van der Waals surface area contributed by atoms with Crippen LogP contribution in [0.2, 0.25) is 0 Å². The van der Waals surface area contributed by atoms with Crippen molar-refractivity contribution in [3.63, 3.8) is 0 Å². The van der Waals surface area contributed by atoms with Gasteiger partial charge in [0.1, 0.15) is 6.10 Å². The summed E-state index contributed by atoms with van der Waals surface area (Å²) >= 11 is 0. The molecule has 270 valence electrons. The SMILES string of the molecule is CCCCCCCCCCCC=CCCCC(=O)OOC1CCC2(C)C(=CCC3C2CCC2(C)C(C(C)CCCC(C)C)CCC32)C1. The summed E-state index contributed by atoms with van der Waals surface area (Å²) in [5, 5.41) is 0. The smallest absolute Gasteiger partial charge is 0.298 e. The fraction of sp³-hybridized carbons (Fsp3) is 0.886. The maximum atomic E-state index is 12.5. The Morgan fingerprint density at radius 2 is 1.53 bits per heavy atom. The third kappa shape index (κ3) is 10.7. The predicted molar refractivity (Wildman–Crippen MR) is 199 cm³/mol. The highest BCUT2D eigenvalue weighted by Crippen LogP contribution is 2.67. The molecule has 3 heteroatoms. The molecule has 0 aromatic heterocycles. The summed E-state index contributed by atoms with van der Waals surface area (Å²) in [4.78, 5) is 23.6. The molecule has 4 aliphatic rings. The number of allylic oxidation sites excluding steroid dienone is 3. The first-order chi connectivity index (χ1) is 22.7. The number of unbranched alkanes of at least 4 members (excludes halogenated alkanes) is 10. The van der Waals surface area contributed by atoms with E-state index in [9.17, 15) is 4.79 Å². The molecule has 47 heavy (non-hydrogen) atoms. The van der Waals surface area contributed by atoms with Gasteiger partial charge in [0.15, 0.2) is 0 Å². The van der Waals surface area contributed by atoms with Gasteiger partial charge in [-0.25, -0.2) is 4.79 Å². The molecule has 3 nitrogen and oxygen atoms in total. The topological polar surface area (TPSA) is 35.5 Å². The fourth-order valence-electron chi connectivity index (χ4n) is 11.1. The van der Waals surface area contributed by atoms with Crippen molar-refractivity contribution in [3.8, 4) is 0 Å². The molecular formula is C44H76O3. The molecule has 0 bridgehead atoms. The van der Waals surface area contributed by atoms with Crippen LogP contribution in [0.15, 0.2) is 23.8 Å². The van der Waals surface area contributed by atoms with Crippen molar-refractivity contribution in [2.45, 2.75) is 202 Å². The highest BCUT2D eigenvalue weighted by Gasteiger charge is 2.59. The Morgan fingerprint density at radius 1 is 0.830 bits per heavy atom. The zero-order chi connectivity index (χ0) is 33.7. The summed E-state index contributed by atoms with van der Waals surface area (Å²) in [6.45, 7) is 14.9. The van der Waals surface area contributed by atoms with E-state index in [0.717, 1.165) is 61.2 Å². The quantitative estimate of drug-likeness (QED) is 0.0536. The third-order valence-electron chi connectivity index (χ3n) is 13.9. The van der Waals surface area contributed by atoms with E-state index < -0.39 is 0 Å². The number of carbonyl (C=O) groups excluding carboxylic acids is 1. The maximum Gasteiger partial charge on any atom is 0.342 e. The lowest BCUT2D eigenvalue weighted by molar-refractivity contribution is -0.302. The molecule has 8 atom stereocenters. The van der Waals surface area contributed by atoms with E-state index in [2.05, 4.69) is 59.8 Å². The molecule has 0 aliphatic heterocycles. The van der Waals surface area contributed by atoms with Gasteiger partial charge in [-0.2, -0.15) is 4.89 Å². The minimum absolute atomic E-state index is 0.0162. The Bertz CT molecular complexity index is 981. The molecular weight excluding hydrogens is 576 g/mol. The number of fused-ring (bicyclic) bond motifs is 5. The monoisotopic (exact) mass is 653 g/mol. The largest absolute Gasteiger partial charge is 0.342 e. The highest BCUT2D eigenvalue weighted by atomic mass is 17.2. The molecule has 0 aromatic carbocycles. The summed E-state index contributed by atoms with van der Waals surface area (Å²) in [6.07, 6.45) is 37.3. The standard InChI is InChI=1S/C44H76O3/c1-7-8-9-10-11-12-13-14-15-16-17-18-19-20-24-42(45)47-46-37-29-31-43(5)36(33-37)25-26-38-40-28-27-39(35(4)23-21-22-34(2)3)44(40,6)32-30-41(38)43/h17-18,25,34-35,37-41H,7-16,19-24,26-33H2,1-6H3. The van der Waals surface area contributed by atoms with Gasteiger partial charge in [-0.15, -0.1) is 0 Å². The molecule has 0 N–H and O–H groups in total. The first kappa shape index (κ1) is 38.7. The Kier molecular flexibility index (Phi) is 15.9. The van der Waals surface area contributed by atoms with Crippen LogP contribution >= 0.6 is 0 Å². The number of hydrogen-bond donors (Lipinski definition) is 0. The summed E-state index contributed by atoms with van der Waals surface area (Å²) in [5.74, 6) is 4.97. The fourth-order valence-corrected chi connectivity index (χ4v) is 11.1. The molecule has 8 unspecified atom stereocenters. The maximum absolute atomic E-state index is 12.5. The first-order valence-corrected chi connectivity index (χ1v) is 20.9. The number of carbonyl (C=O) groups is 1. The van der Waals surface area contributed by atoms with E-state index in [-0.39, 0.29) is 12.1 Å². The average Bonchev–Trinajstić information content (AvgIpc) is 3.41. The summed E-state index contributed by atoms with van der Waals surface area (Å²) in [6, 6.07) is 0. The van der Waals surface area contributed by atoms with Crippen molar-refractivity contribution in [1.82, 2.24) is 0 Å². The molecule has 3 saturated carbocycles. The Morgan fingerprint density at radius 3 is 2.26 bits per heavy atom. The van der Waals surface area contributed by atoms with Crippen LogP contribution in [0.3, 0.4) is 0 Å². The predicted octanol–water partition coefficient (Wildman–Crippen LogP) is 13.5. The van der Waals surface area contributed by atoms with Crippen LogP contribution in [-0.2, 0) is 14.6 Å². The first-order valence-electron chi connectivity index (χ1n) is 20.9. The normalized spacial score (nSPS) is 32.6. The lowest BCUT2D eigenvalue weighted by Crippen LogP contribution is -2.51. The van der Waals surface area contributed by atoms with E-state index in [0.29, 0.717) is 17.3 Å². The summed E-state index contributed by atoms with van der Waals surface area (Å²) in [7, 11) is 0. The van der Waals surface area contributed by atoms with Crippen molar-refractivity contribution >= 4 is 5.97 Å². The van der Waals surface area contributed by atoms with Gasteiger partial charge in [-0.1, -0.05) is 136 Å². The molecule has 0 saturated heterocycles. The minimum atomic E-state index is -0.204. The van der Waals surface area contributed by atoms with Gasteiger partial charge < -0.3 is 0 Å². The van der Waals surface area contributed by atoms with Crippen molar-refractivity contribution in [2.75, 3.05) is 0 Å². The van der Waals surface area contributed by atoms with Crippen molar-refractivity contribution in [3.05, 3.63) is 23.8 Å². The van der Waals surface area contributed by atoms with E-state index in [1.165, 1.54) is 122 Å². The van der Waals surface area contributed by atoms with Crippen LogP contribution in [0.1, 0.15) is 196 Å². The van der Waals surface area contributed by atoms with E-state index in [1.807, 2.05) is 0 Å². The average molecular weight is 653 g/mol. The second-order valence-corrected chi connectivity index (χ2v) is 17.7. The zero-order valence-electron chi connectivity index (χ0n) is 32.0.